The van der Waals surface area contributed by atoms with E-state index in [1.807, 2.05) is 18.2 Å². The minimum absolute atomic E-state index is 0.0682. The summed E-state index contributed by atoms with van der Waals surface area (Å²) in [5.74, 6) is -1.22. The number of nitrogens with zero attached hydrogens (tertiary/aromatic N) is 2. The van der Waals surface area contributed by atoms with Crippen LogP contribution in [0.15, 0.2) is 36.9 Å². The van der Waals surface area contributed by atoms with E-state index in [1.54, 1.807) is 17.9 Å². The Morgan fingerprint density at radius 1 is 0.937 bits per heavy atom. The number of para-hydroxylation sites is 1. The largest absolute Gasteiger partial charge is 0.489 e. The van der Waals surface area contributed by atoms with Gasteiger partial charge in [0.15, 0.2) is 5.78 Å². The number of hydrogen-bond donors (Lipinski definition) is 1. The van der Waals surface area contributed by atoms with Crippen LogP contribution in [0.1, 0.15) is 154 Å². The van der Waals surface area contributed by atoms with Gasteiger partial charge in [-0.15, -0.1) is 6.58 Å². The molecule has 2 aromatic rings. The highest BCUT2D eigenvalue weighted by molar-refractivity contribution is 7.91. The zero-order valence-electron chi connectivity index (χ0n) is 37.4. The first-order valence-electron chi connectivity index (χ1n) is 24.2. The topological polar surface area (TPSA) is 158 Å². The lowest BCUT2D eigenvalue weighted by Gasteiger charge is -2.42. The molecule has 7 aliphatic rings. The zero-order valence-corrected chi connectivity index (χ0v) is 38.2. The quantitative estimate of drug-likeness (QED) is 0.181. The third-order valence-electron chi connectivity index (χ3n) is 16.3. The van der Waals surface area contributed by atoms with Gasteiger partial charge < -0.3 is 19.1 Å². The number of Topliss-reactive ketones (excluding diaryl/α,β-unsaturated/α-hetero) is 1. The van der Waals surface area contributed by atoms with E-state index in [0.29, 0.717) is 31.1 Å². The van der Waals surface area contributed by atoms with Crippen LogP contribution in [-0.4, -0.2) is 77.5 Å². The number of pyridine rings is 1. The highest BCUT2D eigenvalue weighted by Gasteiger charge is 2.63. The third-order valence-corrected chi connectivity index (χ3v) is 18.4. The van der Waals surface area contributed by atoms with Crippen molar-refractivity contribution in [2.45, 2.75) is 184 Å². The number of esters is 1. The summed E-state index contributed by atoms with van der Waals surface area (Å²) in [5.41, 5.74) is -0.123. The van der Waals surface area contributed by atoms with Crippen LogP contribution in [0, 0.1) is 28.6 Å². The van der Waals surface area contributed by atoms with Crippen molar-refractivity contribution in [3.8, 4) is 11.6 Å². The average molecular weight is 886 g/mol. The number of hydrogen-bond acceptors (Lipinski definition) is 10. The zero-order chi connectivity index (χ0) is 44.1. The lowest BCUT2D eigenvalue weighted by Crippen LogP contribution is -2.50. The van der Waals surface area contributed by atoms with Gasteiger partial charge in [-0.05, 0) is 120 Å². The molecule has 1 aromatic carbocycles. The summed E-state index contributed by atoms with van der Waals surface area (Å²) in [6, 6.07) is 7.02. The smallest absolute Gasteiger partial charge is 0.306 e. The van der Waals surface area contributed by atoms with Crippen molar-refractivity contribution in [2.24, 2.45) is 28.6 Å². The van der Waals surface area contributed by atoms with Crippen LogP contribution in [0.2, 0.25) is 0 Å². The number of carbonyl (C=O) groups is 4. The number of rotatable bonds is 10. The van der Waals surface area contributed by atoms with Gasteiger partial charge in [0.05, 0.1) is 52.3 Å². The van der Waals surface area contributed by atoms with Crippen molar-refractivity contribution >= 4 is 44.5 Å². The van der Waals surface area contributed by atoms with Gasteiger partial charge in [-0.1, -0.05) is 63.7 Å². The molecular weight excluding hydrogens is 819 g/mol. The van der Waals surface area contributed by atoms with Gasteiger partial charge in [-0.2, -0.15) is 0 Å². The maximum Gasteiger partial charge on any atom is 0.306 e. The SMILES string of the molecule is C=C[C@@H]1C[C@]1(CC(=O)[C@@H]1C[C@@H]2CN1C(=O)[C@H](C1(C)CCCCC1)CC(=O)O[C@@H]1C[C@H]1CCCCCc1c(nc3ccccc3c1OC1CCCCC1)O2)C(=O)NS(=O)(=O)C1(C)CC1. The fourth-order valence-electron chi connectivity index (χ4n) is 11.5. The van der Waals surface area contributed by atoms with Gasteiger partial charge in [0.25, 0.3) is 0 Å². The summed E-state index contributed by atoms with van der Waals surface area (Å²) in [6.45, 7) is 7.73. The van der Waals surface area contributed by atoms with Crippen LogP contribution < -0.4 is 14.2 Å². The molecule has 2 aliphatic heterocycles. The van der Waals surface area contributed by atoms with E-state index in [0.717, 1.165) is 112 Å². The van der Waals surface area contributed by atoms with Gasteiger partial charge in [0.2, 0.25) is 27.7 Å². The summed E-state index contributed by atoms with van der Waals surface area (Å²) in [7, 11) is -3.96. The molecule has 0 radical (unpaired) electrons. The minimum Gasteiger partial charge on any atom is -0.489 e. The number of sulfonamides is 1. The molecule has 1 aromatic heterocycles. The van der Waals surface area contributed by atoms with Crippen molar-refractivity contribution < 1.29 is 41.8 Å². The fourth-order valence-corrected chi connectivity index (χ4v) is 12.8. The van der Waals surface area contributed by atoms with Crippen LogP contribution in [0.5, 0.6) is 11.6 Å². The normalized spacial score (nSPS) is 32.1. The number of ketones is 1. The highest BCUT2D eigenvalue weighted by atomic mass is 32.2. The van der Waals surface area contributed by atoms with E-state index in [1.165, 1.54) is 6.42 Å². The predicted molar refractivity (Wildman–Crippen MR) is 238 cm³/mol. The van der Waals surface area contributed by atoms with Crippen LogP contribution in [-0.2, 0) is 40.4 Å². The Labute approximate surface area is 373 Å². The number of carbonyl (C=O) groups excluding carboxylic acids is 4. The van der Waals surface area contributed by atoms with Gasteiger partial charge in [-0.3, -0.25) is 23.9 Å². The number of allylic oxidation sites excluding steroid dienone is 1. The van der Waals surface area contributed by atoms with E-state index in [-0.39, 0.29) is 62.1 Å². The molecule has 9 rings (SSSR count). The van der Waals surface area contributed by atoms with Crippen molar-refractivity contribution in [3.63, 3.8) is 0 Å². The maximum absolute atomic E-state index is 15.4. The predicted octanol–water partition coefficient (Wildman–Crippen LogP) is 8.47. The first-order chi connectivity index (χ1) is 30.2. The van der Waals surface area contributed by atoms with Crippen molar-refractivity contribution in [1.82, 2.24) is 14.6 Å². The van der Waals surface area contributed by atoms with Crippen molar-refractivity contribution in [1.29, 1.82) is 0 Å². The van der Waals surface area contributed by atoms with E-state index in [9.17, 15) is 22.8 Å². The Morgan fingerprint density at radius 3 is 2.38 bits per heavy atom. The van der Waals surface area contributed by atoms with Gasteiger partial charge >= 0.3 is 5.97 Å². The van der Waals surface area contributed by atoms with E-state index in [4.69, 9.17) is 19.2 Å². The van der Waals surface area contributed by atoms with Gasteiger partial charge in [0.1, 0.15) is 18.0 Å². The van der Waals surface area contributed by atoms with E-state index in [2.05, 4.69) is 24.3 Å². The molecule has 5 saturated carbocycles. The molecule has 63 heavy (non-hydrogen) atoms. The molecule has 3 heterocycles. The molecule has 1 saturated heterocycles. The molecule has 6 fully saturated rings. The molecule has 5 aliphatic carbocycles. The second kappa shape index (κ2) is 17.4. The molecule has 7 atom stereocenters. The lowest BCUT2D eigenvalue weighted by atomic mass is 9.65. The Morgan fingerprint density at radius 2 is 1.65 bits per heavy atom. The Hall–Kier alpha value is -4.00. The molecule has 0 spiro atoms. The van der Waals surface area contributed by atoms with Crippen molar-refractivity contribution in [3.05, 3.63) is 42.5 Å². The number of aromatic nitrogens is 1. The fraction of sp³-hybridized carbons (Fsp3) is 0.700. The Balaban J connectivity index is 1.08. The summed E-state index contributed by atoms with van der Waals surface area (Å²) in [6.07, 6.45) is 17.3. The molecule has 12 nitrogen and oxygen atoms in total. The number of fused-ring (bicyclic) bond motifs is 5. The van der Waals surface area contributed by atoms with Gasteiger partial charge in [0, 0.05) is 18.2 Å². The minimum atomic E-state index is -3.96. The molecule has 1 N–H and O–H groups in total. The number of benzene rings is 1. The molecule has 342 valence electrons. The summed E-state index contributed by atoms with van der Waals surface area (Å²) >= 11 is 0. The van der Waals surface area contributed by atoms with E-state index < -0.39 is 55.5 Å². The van der Waals surface area contributed by atoms with E-state index >= 15 is 4.79 Å². The summed E-state index contributed by atoms with van der Waals surface area (Å²) < 4.78 is 47.9. The second-order valence-electron chi connectivity index (χ2n) is 20.9. The first-order valence-corrected chi connectivity index (χ1v) is 25.7. The molecular formula is C50H67N3O9S. The van der Waals surface area contributed by atoms with Gasteiger partial charge in [-0.25, -0.2) is 13.4 Å². The Kier molecular flexibility index (Phi) is 12.2. The molecule has 0 unspecified atom stereocenters. The molecule has 2 bridgehead atoms. The highest BCUT2D eigenvalue weighted by Crippen LogP contribution is 2.57. The summed E-state index contributed by atoms with van der Waals surface area (Å²) in [5, 5.41) is 0.942. The van der Waals surface area contributed by atoms with Crippen LogP contribution >= 0.6 is 0 Å². The number of ether oxygens (including phenoxy) is 3. The standard InChI is InChI=1S/C50H67N3O9S/c1-4-33-29-50(33,47(57)52-63(58,59)49(3)24-25-49)30-41(54)40-27-35-31-53(40)46(56)38(48(2)22-14-7-15-23-48)28-43(55)62-42-26-32(42)16-8-5-11-20-37-44(60-34-17-9-6-10-18-34)36-19-12-13-21-39(36)51-45(37)61-35/h4,12-13,19,21,32-35,38,40,42H,1,5-11,14-18,20,22-31H2,2-3H3,(H,52,57)/t32-,33-,35-,38-,40+,42-,50-/m1/s1. The monoisotopic (exact) mass is 885 g/mol. The maximum atomic E-state index is 15.4. The number of amides is 2. The lowest BCUT2D eigenvalue weighted by molar-refractivity contribution is -0.155. The number of nitrogens with one attached hydrogen (secondary N) is 1. The molecule has 2 amide bonds. The Bertz CT molecular complexity index is 2230. The third kappa shape index (κ3) is 9.02. The first kappa shape index (κ1) is 44.2. The van der Waals surface area contributed by atoms with Crippen LogP contribution in [0.3, 0.4) is 0 Å². The van der Waals surface area contributed by atoms with Crippen LogP contribution in [0.4, 0.5) is 0 Å². The average Bonchev–Trinajstić information content (AvgIpc) is 4.23. The summed E-state index contributed by atoms with van der Waals surface area (Å²) in [4.78, 5) is 64.9. The van der Waals surface area contributed by atoms with Crippen LogP contribution in [0.25, 0.3) is 10.9 Å². The van der Waals surface area contributed by atoms with Crippen molar-refractivity contribution in [2.75, 3.05) is 6.54 Å². The molecule has 13 heteroatoms. The second-order valence-corrected chi connectivity index (χ2v) is 23.1.